The Hall–Kier alpha value is -1.94. The zero-order valence-corrected chi connectivity index (χ0v) is 14.3. The van der Waals surface area contributed by atoms with E-state index in [-0.39, 0.29) is 11.9 Å². The maximum atomic E-state index is 12.4. The maximum absolute atomic E-state index is 12.4. The third kappa shape index (κ3) is 3.70. The molecule has 4 heteroatoms. The molecular formula is C19H21NO2S. The van der Waals surface area contributed by atoms with Crippen molar-refractivity contribution in [3.63, 3.8) is 0 Å². The van der Waals surface area contributed by atoms with E-state index in [1.54, 1.807) is 7.11 Å². The Bertz CT molecular complexity index is 714. The molecule has 2 aromatic rings. The Morgan fingerprint density at radius 2 is 2.13 bits per heavy atom. The number of thioether (sulfide) groups is 1. The smallest absolute Gasteiger partial charge is 0.224 e. The van der Waals surface area contributed by atoms with Gasteiger partial charge in [0, 0.05) is 10.6 Å². The molecule has 1 aliphatic heterocycles. The molecule has 3 nitrogen and oxygen atoms in total. The molecule has 0 saturated heterocycles. The average molecular weight is 327 g/mol. The van der Waals surface area contributed by atoms with Gasteiger partial charge in [-0.05, 0) is 42.2 Å². The zero-order valence-electron chi connectivity index (χ0n) is 13.5. The van der Waals surface area contributed by atoms with Crippen molar-refractivity contribution in [2.75, 3.05) is 12.9 Å². The van der Waals surface area contributed by atoms with Crippen molar-refractivity contribution >= 4 is 17.7 Å². The van der Waals surface area contributed by atoms with Crippen LogP contribution in [0.15, 0.2) is 47.4 Å². The first-order chi connectivity index (χ1) is 11.2. The molecule has 120 valence electrons. The summed E-state index contributed by atoms with van der Waals surface area (Å²) in [6.07, 6.45) is 1.35. The summed E-state index contributed by atoms with van der Waals surface area (Å²) >= 11 is 1.86. The number of benzene rings is 2. The highest BCUT2D eigenvalue weighted by atomic mass is 32.2. The molecule has 2 aromatic carbocycles. The van der Waals surface area contributed by atoms with Crippen LogP contribution < -0.4 is 10.1 Å². The van der Waals surface area contributed by atoms with Gasteiger partial charge < -0.3 is 10.1 Å². The fourth-order valence-corrected chi connectivity index (χ4v) is 4.02. The molecule has 1 heterocycles. The minimum atomic E-state index is 0.0580. The van der Waals surface area contributed by atoms with Gasteiger partial charge in [-0.1, -0.05) is 30.3 Å². The van der Waals surface area contributed by atoms with Crippen LogP contribution in [0.1, 0.15) is 29.2 Å². The van der Waals surface area contributed by atoms with Crippen molar-refractivity contribution in [3.05, 3.63) is 59.2 Å². The van der Waals surface area contributed by atoms with Gasteiger partial charge in [-0.2, -0.15) is 0 Å². The molecule has 1 N–H and O–H groups in total. The monoisotopic (exact) mass is 327 g/mol. The minimum absolute atomic E-state index is 0.0580. The molecule has 1 aliphatic rings. The Labute approximate surface area is 141 Å². The van der Waals surface area contributed by atoms with Crippen LogP contribution in [0.3, 0.4) is 0 Å². The van der Waals surface area contributed by atoms with Crippen LogP contribution >= 0.6 is 11.8 Å². The van der Waals surface area contributed by atoms with Crippen molar-refractivity contribution in [3.8, 4) is 5.75 Å². The van der Waals surface area contributed by atoms with Gasteiger partial charge in [0.25, 0.3) is 0 Å². The summed E-state index contributed by atoms with van der Waals surface area (Å²) in [5.74, 6) is 1.93. The van der Waals surface area contributed by atoms with Gasteiger partial charge in [-0.3, -0.25) is 4.79 Å². The summed E-state index contributed by atoms with van der Waals surface area (Å²) in [6.45, 7) is 2.00. The number of fused-ring (bicyclic) bond motifs is 1. The zero-order chi connectivity index (χ0) is 16.2. The van der Waals surface area contributed by atoms with Crippen LogP contribution in [0.4, 0.5) is 0 Å². The summed E-state index contributed by atoms with van der Waals surface area (Å²) < 4.78 is 5.33. The Morgan fingerprint density at radius 1 is 1.30 bits per heavy atom. The molecule has 0 spiro atoms. The summed E-state index contributed by atoms with van der Waals surface area (Å²) in [6, 6.07) is 14.4. The lowest BCUT2D eigenvalue weighted by atomic mass is 10.0. The second-order valence-corrected chi connectivity index (χ2v) is 6.91. The van der Waals surface area contributed by atoms with E-state index in [4.69, 9.17) is 4.74 Å². The van der Waals surface area contributed by atoms with Gasteiger partial charge in [-0.15, -0.1) is 11.8 Å². The number of hydrogen-bond acceptors (Lipinski definition) is 3. The number of nitrogens with one attached hydrogen (secondary N) is 1. The van der Waals surface area contributed by atoms with Gasteiger partial charge in [-0.25, -0.2) is 0 Å². The summed E-state index contributed by atoms with van der Waals surface area (Å²) in [7, 11) is 1.66. The van der Waals surface area contributed by atoms with Crippen molar-refractivity contribution in [2.24, 2.45) is 0 Å². The first-order valence-corrected chi connectivity index (χ1v) is 8.80. The average Bonchev–Trinajstić information content (AvgIpc) is 2.57. The Morgan fingerprint density at radius 3 is 2.96 bits per heavy atom. The normalized spacial score (nSPS) is 16.5. The molecule has 0 radical (unpaired) electrons. The van der Waals surface area contributed by atoms with Crippen LogP contribution in [0.25, 0.3) is 0 Å². The van der Waals surface area contributed by atoms with E-state index >= 15 is 0 Å². The van der Waals surface area contributed by atoms with Gasteiger partial charge in [0.1, 0.15) is 5.75 Å². The lowest BCUT2D eigenvalue weighted by Crippen LogP contribution is -2.31. The number of hydrogen-bond donors (Lipinski definition) is 1. The minimum Gasteiger partial charge on any atom is -0.496 e. The summed E-state index contributed by atoms with van der Waals surface area (Å²) in [5, 5.41) is 3.18. The molecule has 1 atom stereocenters. The fraction of sp³-hybridized carbons (Fsp3) is 0.316. The third-order valence-corrected chi connectivity index (χ3v) is 5.25. The number of methoxy groups -OCH3 is 1. The van der Waals surface area contributed by atoms with Crippen LogP contribution in [-0.2, 0) is 11.2 Å². The third-order valence-electron chi connectivity index (χ3n) is 4.13. The topological polar surface area (TPSA) is 38.3 Å². The molecule has 1 unspecified atom stereocenters. The standard InChI is InChI=1S/C19H21NO2S/c1-13-7-8-14(11-17(13)22-2)12-19(21)20-16-9-10-23-18-6-4-3-5-15(16)18/h3-8,11,16H,9-10,12H2,1-2H3,(H,20,21). The summed E-state index contributed by atoms with van der Waals surface area (Å²) in [5.41, 5.74) is 3.29. The van der Waals surface area contributed by atoms with Crippen LogP contribution in [0, 0.1) is 6.92 Å². The lowest BCUT2D eigenvalue weighted by molar-refractivity contribution is -0.121. The molecule has 1 amide bonds. The second-order valence-electron chi connectivity index (χ2n) is 5.78. The van der Waals surface area contributed by atoms with Crippen LogP contribution in [-0.4, -0.2) is 18.8 Å². The first kappa shape index (κ1) is 15.9. The number of ether oxygens (including phenoxy) is 1. The van der Waals surface area contributed by atoms with Gasteiger partial charge in [0.15, 0.2) is 0 Å². The molecule has 0 saturated carbocycles. The number of amides is 1. The Balaban J connectivity index is 1.69. The predicted molar refractivity (Wildman–Crippen MR) is 94.1 cm³/mol. The highest BCUT2D eigenvalue weighted by Gasteiger charge is 2.21. The van der Waals surface area contributed by atoms with Crippen LogP contribution in [0.5, 0.6) is 5.75 Å². The molecule has 0 aromatic heterocycles. The van der Waals surface area contributed by atoms with E-state index in [0.29, 0.717) is 6.42 Å². The molecule has 3 rings (SSSR count). The molecule has 0 aliphatic carbocycles. The van der Waals surface area contributed by atoms with E-state index in [1.807, 2.05) is 43.0 Å². The van der Waals surface area contributed by atoms with Crippen molar-refractivity contribution < 1.29 is 9.53 Å². The van der Waals surface area contributed by atoms with Crippen molar-refractivity contribution in [1.29, 1.82) is 0 Å². The number of rotatable bonds is 4. The summed E-state index contributed by atoms with van der Waals surface area (Å²) in [4.78, 5) is 13.7. The quantitative estimate of drug-likeness (QED) is 0.925. The van der Waals surface area contributed by atoms with Gasteiger partial charge >= 0.3 is 0 Å². The number of carbonyl (C=O) groups is 1. The second kappa shape index (κ2) is 7.09. The molecule has 0 fully saturated rings. The lowest BCUT2D eigenvalue weighted by Gasteiger charge is -2.26. The highest BCUT2D eigenvalue weighted by molar-refractivity contribution is 7.99. The van der Waals surface area contributed by atoms with E-state index in [9.17, 15) is 4.79 Å². The van der Waals surface area contributed by atoms with E-state index in [2.05, 4.69) is 23.5 Å². The SMILES string of the molecule is COc1cc(CC(=O)NC2CCSc3ccccc32)ccc1C. The number of carbonyl (C=O) groups excluding carboxylic acids is 1. The predicted octanol–water partition coefficient (Wildman–Crippen LogP) is 3.90. The number of aryl methyl sites for hydroxylation is 1. The first-order valence-electron chi connectivity index (χ1n) is 7.82. The maximum Gasteiger partial charge on any atom is 0.224 e. The van der Waals surface area contributed by atoms with E-state index in [0.717, 1.165) is 29.1 Å². The van der Waals surface area contributed by atoms with E-state index < -0.39 is 0 Å². The molecule has 23 heavy (non-hydrogen) atoms. The highest BCUT2D eigenvalue weighted by Crippen LogP contribution is 2.35. The largest absolute Gasteiger partial charge is 0.496 e. The molecular weight excluding hydrogens is 306 g/mol. The van der Waals surface area contributed by atoms with Crippen molar-refractivity contribution in [1.82, 2.24) is 5.32 Å². The van der Waals surface area contributed by atoms with Crippen molar-refractivity contribution in [2.45, 2.75) is 30.7 Å². The van der Waals surface area contributed by atoms with Gasteiger partial charge in [0.05, 0.1) is 19.6 Å². The van der Waals surface area contributed by atoms with Gasteiger partial charge in [0.2, 0.25) is 5.91 Å². The fourth-order valence-electron chi connectivity index (χ4n) is 2.90. The van der Waals surface area contributed by atoms with Crippen LogP contribution in [0.2, 0.25) is 0 Å². The van der Waals surface area contributed by atoms with E-state index in [1.165, 1.54) is 10.5 Å². The Kier molecular flexibility index (Phi) is 4.91. The molecule has 0 bridgehead atoms.